The van der Waals surface area contributed by atoms with Gasteiger partial charge >= 0.3 is 0 Å². The van der Waals surface area contributed by atoms with E-state index in [1.807, 2.05) is 24.3 Å². The molecule has 0 bridgehead atoms. The lowest BCUT2D eigenvalue weighted by Crippen LogP contribution is -2.30. The molecule has 5 nitrogen and oxygen atoms in total. The van der Waals surface area contributed by atoms with Crippen LogP contribution >= 0.6 is 11.6 Å². The summed E-state index contributed by atoms with van der Waals surface area (Å²) in [5, 5.41) is 9.33. The molecule has 124 valence electrons. The van der Waals surface area contributed by atoms with E-state index in [2.05, 4.69) is 27.4 Å². The first-order valence-electron chi connectivity index (χ1n) is 8.35. The van der Waals surface area contributed by atoms with E-state index in [1.165, 1.54) is 25.6 Å². The molecule has 0 spiro atoms. The molecule has 0 radical (unpaired) electrons. The van der Waals surface area contributed by atoms with Crippen LogP contribution in [0.5, 0.6) is 0 Å². The highest BCUT2D eigenvalue weighted by Crippen LogP contribution is 2.34. The number of rotatable bonds is 3. The van der Waals surface area contributed by atoms with Gasteiger partial charge in [-0.25, -0.2) is 4.98 Å². The number of hydrogen-bond donors (Lipinski definition) is 1. The molecule has 2 heterocycles. The topological polar surface area (TPSA) is 63.8 Å². The van der Waals surface area contributed by atoms with Crippen LogP contribution in [0.15, 0.2) is 35.1 Å². The van der Waals surface area contributed by atoms with Gasteiger partial charge in [-0.15, -0.1) is 0 Å². The standard InChI is InChI=1S/C18H19ClN4O/c1-11-4-2-3-5-14(11)22-17-15-16(12-6-8-13(19)9-7-12)23-24-18(15)21-10-20-17/h6-11,14H,2-5H2,1H3,(H,20,21,22)/t11-,14+/m0/s1. The summed E-state index contributed by atoms with van der Waals surface area (Å²) in [7, 11) is 0. The first kappa shape index (κ1) is 15.4. The van der Waals surface area contributed by atoms with Gasteiger partial charge in [0.25, 0.3) is 5.71 Å². The fourth-order valence-electron chi connectivity index (χ4n) is 3.41. The molecule has 1 aliphatic carbocycles. The van der Waals surface area contributed by atoms with Gasteiger partial charge in [-0.1, -0.05) is 48.7 Å². The summed E-state index contributed by atoms with van der Waals surface area (Å²) in [6, 6.07) is 7.97. The van der Waals surface area contributed by atoms with Gasteiger partial charge in [0.2, 0.25) is 0 Å². The van der Waals surface area contributed by atoms with Crippen LogP contribution in [0.25, 0.3) is 22.4 Å². The summed E-state index contributed by atoms with van der Waals surface area (Å²) in [6.07, 6.45) is 6.49. The molecule has 0 saturated heterocycles. The Balaban J connectivity index is 1.75. The maximum absolute atomic E-state index is 5.99. The lowest BCUT2D eigenvalue weighted by molar-refractivity contribution is 0.349. The quantitative estimate of drug-likeness (QED) is 0.731. The van der Waals surface area contributed by atoms with Crippen molar-refractivity contribution >= 4 is 28.5 Å². The molecule has 6 heteroatoms. The van der Waals surface area contributed by atoms with Gasteiger partial charge in [0.15, 0.2) is 0 Å². The van der Waals surface area contributed by atoms with Gasteiger partial charge < -0.3 is 9.84 Å². The average Bonchev–Trinajstić information content (AvgIpc) is 3.03. The number of nitrogens with zero attached hydrogens (tertiary/aromatic N) is 3. The molecule has 1 saturated carbocycles. The Hall–Kier alpha value is -2.14. The normalized spacial score (nSPS) is 21.1. The second-order valence-corrected chi connectivity index (χ2v) is 6.89. The molecule has 3 aromatic rings. The van der Waals surface area contributed by atoms with Crippen LogP contribution in [0, 0.1) is 5.92 Å². The van der Waals surface area contributed by atoms with Crippen LogP contribution in [0.4, 0.5) is 5.82 Å². The van der Waals surface area contributed by atoms with Gasteiger partial charge in [-0.05, 0) is 30.9 Å². The molecular formula is C18H19ClN4O. The summed E-state index contributed by atoms with van der Waals surface area (Å²) in [6.45, 7) is 2.29. The third-order valence-electron chi connectivity index (χ3n) is 4.82. The van der Waals surface area contributed by atoms with E-state index in [-0.39, 0.29) is 0 Å². The number of anilines is 1. The fourth-order valence-corrected chi connectivity index (χ4v) is 3.53. The fraction of sp³-hybridized carbons (Fsp3) is 0.389. The first-order chi connectivity index (χ1) is 11.7. The van der Waals surface area contributed by atoms with Gasteiger partial charge in [0.1, 0.15) is 23.2 Å². The van der Waals surface area contributed by atoms with Crippen molar-refractivity contribution in [2.45, 2.75) is 38.6 Å². The Bertz CT molecular complexity index is 846. The molecule has 0 amide bonds. The predicted octanol–water partition coefficient (Wildman–Crippen LogP) is 4.93. The SMILES string of the molecule is C[C@H]1CCCC[C@H]1Nc1ncnc2onc(-c3ccc(Cl)cc3)c12. The Labute approximate surface area is 145 Å². The molecule has 4 rings (SSSR count). The molecule has 0 aliphatic heterocycles. The Kier molecular flexibility index (Phi) is 4.10. The minimum atomic E-state index is 0.421. The Morgan fingerprint density at radius 2 is 1.92 bits per heavy atom. The zero-order chi connectivity index (χ0) is 16.5. The summed E-state index contributed by atoms with van der Waals surface area (Å²) in [5.74, 6) is 1.42. The molecule has 1 aromatic carbocycles. The van der Waals surface area contributed by atoms with Gasteiger partial charge in [0.05, 0.1) is 0 Å². The van der Waals surface area contributed by atoms with Crippen molar-refractivity contribution < 1.29 is 4.52 Å². The number of halogens is 1. The number of aromatic nitrogens is 3. The van der Waals surface area contributed by atoms with Crippen LogP contribution in [-0.4, -0.2) is 21.2 Å². The van der Waals surface area contributed by atoms with Crippen LogP contribution in [0.2, 0.25) is 5.02 Å². The molecule has 1 fully saturated rings. The highest BCUT2D eigenvalue weighted by Gasteiger charge is 2.24. The largest absolute Gasteiger partial charge is 0.366 e. The molecule has 2 aromatic heterocycles. The van der Waals surface area contributed by atoms with Crippen LogP contribution in [0.1, 0.15) is 32.6 Å². The smallest absolute Gasteiger partial charge is 0.263 e. The van der Waals surface area contributed by atoms with Gasteiger partial charge in [-0.2, -0.15) is 4.98 Å². The first-order valence-corrected chi connectivity index (χ1v) is 8.73. The Morgan fingerprint density at radius 1 is 1.12 bits per heavy atom. The monoisotopic (exact) mass is 342 g/mol. The van der Waals surface area contributed by atoms with E-state index in [9.17, 15) is 0 Å². The van der Waals surface area contributed by atoms with Crippen LogP contribution in [-0.2, 0) is 0 Å². The van der Waals surface area contributed by atoms with Crippen molar-refractivity contribution in [2.75, 3.05) is 5.32 Å². The van der Waals surface area contributed by atoms with Crippen molar-refractivity contribution in [1.82, 2.24) is 15.1 Å². The second kappa shape index (κ2) is 6.40. The minimum Gasteiger partial charge on any atom is -0.366 e. The molecule has 24 heavy (non-hydrogen) atoms. The number of benzene rings is 1. The lowest BCUT2D eigenvalue weighted by atomic mass is 9.86. The zero-order valence-electron chi connectivity index (χ0n) is 13.5. The van der Waals surface area contributed by atoms with E-state index in [1.54, 1.807) is 0 Å². The third kappa shape index (κ3) is 2.84. The average molecular weight is 343 g/mol. The molecule has 1 N–H and O–H groups in total. The molecule has 1 aliphatic rings. The zero-order valence-corrected chi connectivity index (χ0v) is 14.3. The van der Waals surface area contributed by atoms with E-state index < -0.39 is 0 Å². The maximum atomic E-state index is 5.99. The molecule has 0 unspecified atom stereocenters. The van der Waals surface area contributed by atoms with Crippen LogP contribution < -0.4 is 5.32 Å². The number of fused-ring (bicyclic) bond motifs is 1. The predicted molar refractivity (Wildman–Crippen MR) is 95.1 cm³/mol. The highest BCUT2D eigenvalue weighted by atomic mass is 35.5. The van der Waals surface area contributed by atoms with Crippen molar-refractivity contribution in [3.8, 4) is 11.3 Å². The summed E-state index contributed by atoms with van der Waals surface area (Å²) in [5.41, 5.74) is 2.18. The van der Waals surface area contributed by atoms with Gasteiger partial charge in [0, 0.05) is 16.6 Å². The summed E-state index contributed by atoms with van der Waals surface area (Å²) in [4.78, 5) is 8.67. The van der Waals surface area contributed by atoms with Crippen molar-refractivity contribution in [3.05, 3.63) is 35.6 Å². The maximum Gasteiger partial charge on any atom is 0.263 e. The van der Waals surface area contributed by atoms with E-state index in [0.717, 1.165) is 28.9 Å². The molecular weight excluding hydrogens is 324 g/mol. The summed E-state index contributed by atoms with van der Waals surface area (Å²) >= 11 is 5.99. The van der Waals surface area contributed by atoms with Crippen molar-refractivity contribution in [3.63, 3.8) is 0 Å². The lowest BCUT2D eigenvalue weighted by Gasteiger charge is -2.30. The van der Waals surface area contributed by atoms with E-state index >= 15 is 0 Å². The highest BCUT2D eigenvalue weighted by molar-refractivity contribution is 6.30. The number of nitrogens with one attached hydrogen (secondary N) is 1. The Morgan fingerprint density at radius 3 is 2.71 bits per heavy atom. The third-order valence-corrected chi connectivity index (χ3v) is 5.08. The minimum absolute atomic E-state index is 0.421. The van der Waals surface area contributed by atoms with E-state index in [4.69, 9.17) is 16.1 Å². The van der Waals surface area contributed by atoms with Gasteiger partial charge in [-0.3, -0.25) is 0 Å². The molecule has 2 atom stereocenters. The van der Waals surface area contributed by atoms with E-state index in [0.29, 0.717) is 22.7 Å². The van der Waals surface area contributed by atoms with Crippen molar-refractivity contribution in [2.24, 2.45) is 5.92 Å². The number of hydrogen-bond acceptors (Lipinski definition) is 5. The van der Waals surface area contributed by atoms with Crippen molar-refractivity contribution in [1.29, 1.82) is 0 Å². The van der Waals surface area contributed by atoms with Crippen LogP contribution in [0.3, 0.4) is 0 Å². The second-order valence-electron chi connectivity index (χ2n) is 6.45. The summed E-state index contributed by atoms with van der Waals surface area (Å²) < 4.78 is 5.42.